The van der Waals surface area contributed by atoms with Gasteiger partial charge in [-0.1, -0.05) is 25.5 Å². The topological polar surface area (TPSA) is 101 Å². The third kappa shape index (κ3) is 3.70. The van der Waals surface area contributed by atoms with Crippen molar-refractivity contribution in [1.29, 1.82) is 5.26 Å². The maximum Gasteiger partial charge on any atom is 0.338 e. The molecule has 2 aliphatic rings. The van der Waals surface area contributed by atoms with Crippen LogP contribution in [-0.2, 0) is 9.53 Å². The molecule has 1 aromatic carbocycles. The first-order valence-electron chi connectivity index (χ1n) is 9.47. The van der Waals surface area contributed by atoms with Crippen LogP contribution in [0.15, 0.2) is 45.2 Å². The molecular formula is C21H24N4O3S. The summed E-state index contributed by atoms with van der Waals surface area (Å²) in [6.45, 7) is 6.01. The lowest BCUT2D eigenvalue weighted by Crippen LogP contribution is -2.39. The Balaban J connectivity index is 2.25. The van der Waals surface area contributed by atoms with Crippen molar-refractivity contribution in [3.8, 4) is 11.8 Å². The summed E-state index contributed by atoms with van der Waals surface area (Å²) in [6, 6.07) is 7.36. The van der Waals surface area contributed by atoms with E-state index in [1.54, 1.807) is 18.9 Å². The largest absolute Gasteiger partial charge is 0.496 e. The van der Waals surface area contributed by atoms with Gasteiger partial charge in [0.1, 0.15) is 22.5 Å². The van der Waals surface area contributed by atoms with Crippen LogP contribution in [0, 0.1) is 18.3 Å². The molecule has 0 fully saturated rings. The highest BCUT2D eigenvalue weighted by Crippen LogP contribution is 2.46. The maximum absolute atomic E-state index is 13.0. The van der Waals surface area contributed by atoms with E-state index in [0.717, 1.165) is 17.5 Å². The van der Waals surface area contributed by atoms with Crippen LogP contribution in [0.2, 0.25) is 0 Å². The number of carbonyl (C=O) groups is 1. The predicted octanol–water partition coefficient (Wildman–Crippen LogP) is 3.73. The number of methoxy groups -OCH3 is 1. The number of benzene rings is 1. The normalized spacial score (nSPS) is 18.4. The van der Waals surface area contributed by atoms with Gasteiger partial charge in [0, 0.05) is 0 Å². The number of aliphatic imine (C=N–C) groups is 1. The van der Waals surface area contributed by atoms with E-state index >= 15 is 0 Å². The summed E-state index contributed by atoms with van der Waals surface area (Å²) >= 11 is 1.22. The second-order valence-corrected chi connectivity index (χ2v) is 7.63. The number of nitrogens with two attached hydrogens (primary N) is 1. The molecule has 2 heterocycles. The molecule has 2 N–H and O–H groups in total. The summed E-state index contributed by atoms with van der Waals surface area (Å²) in [7, 11) is 1.61. The summed E-state index contributed by atoms with van der Waals surface area (Å²) in [5, 5.41) is 10.1. The van der Waals surface area contributed by atoms with E-state index in [2.05, 4.69) is 11.1 Å². The Kier molecular flexibility index (Phi) is 6.18. The molecule has 0 spiro atoms. The second-order valence-electron chi connectivity index (χ2n) is 6.66. The molecule has 0 aromatic heterocycles. The molecule has 2 aliphatic heterocycles. The van der Waals surface area contributed by atoms with Gasteiger partial charge in [0.2, 0.25) is 0 Å². The molecule has 152 valence electrons. The van der Waals surface area contributed by atoms with Gasteiger partial charge >= 0.3 is 5.97 Å². The van der Waals surface area contributed by atoms with Crippen LogP contribution in [0.3, 0.4) is 0 Å². The second kappa shape index (κ2) is 8.62. The molecule has 3 rings (SSSR count). The molecule has 0 radical (unpaired) electrons. The van der Waals surface area contributed by atoms with Crippen molar-refractivity contribution >= 4 is 22.9 Å². The number of nitriles is 1. The van der Waals surface area contributed by atoms with Crippen LogP contribution in [0.5, 0.6) is 5.75 Å². The van der Waals surface area contributed by atoms with Gasteiger partial charge < -0.3 is 15.2 Å². The Hall–Kier alpha value is -2.92. The number of nitrogens with zero attached hydrogens (tertiary/aromatic N) is 3. The van der Waals surface area contributed by atoms with Crippen LogP contribution in [0.4, 0.5) is 0 Å². The van der Waals surface area contributed by atoms with E-state index in [-0.39, 0.29) is 12.4 Å². The monoisotopic (exact) mass is 412 g/mol. The van der Waals surface area contributed by atoms with Crippen LogP contribution >= 0.6 is 11.8 Å². The lowest BCUT2D eigenvalue weighted by molar-refractivity contribution is -0.139. The Morgan fingerprint density at radius 3 is 2.79 bits per heavy atom. The molecule has 29 heavy (non-hydrogen) atoms. The van der Waals surface area contributed by atoms with Gasteiger partial charge in [0.25, 0.3) is 0 Å². The highest BCUT2D eigenvalue weighted by molar-refractivity contribution is 8.17. The van der Waals surface area contributed by atoms with E-state index < -0.39 is 12.0 Å². The lowest BCUT2D eigenvalue weighted by Gasteiger charge is -2.35. The summed E-state index contributed by atoms with van der Waals surface area (Å²) in [4.78, 5) is 19.8. The predicted molar refractivity (Wildman–Crippen MR) is 113 cm³/mol. The molecule has 0 saturated heterocycles. The number of esters is 1. The highest BCUT2D eigenvalue weighted by atomic mass is 32.2. The zero-order valence-corrected chi connectivity index (χ0v) is 17.8. The number of aryl methyl sites for hydroxylation is 1. The van der Waals surface area contributed by atoms with E-state index in [0.29, 0.717) is 33.5 Å². The minimum Gasteiger partial charge on any atom is -0.496 e. The average molecular weight is 413 g/mol. The fourth-order valence-corrected chi connectivity index (χ4v) is 4.35. The summed E-state index contributed by atoms with van der Waals surface area (Å²) in [5.74, 6) is 0.575. The van der Waals surface area contributed by atoms with E-state index in [1.807, 2.05) is 32.0 Å². The zero-order valence-electron chi connectivity index (χ0n) is 17.0. The first kappa shape index (κ1) is 20.8. The smallest absolute Gasteiger partial charge is 0.338 e. The minimum absolute atomic E-state index is 0.256. The van der Waals surface area contributed by atoms with Gasteiger partial charge in [-0.2, -0.15) is 5.26 Å². The Labute approximate surface area is 174 Å². The maximum atomic E-state index is 13.0. The minimum atomic E-state index is -0.545. The number of ether oxygens (including phenoxy) is 2. The number of hydrogen-bond donors (Lipinski definition) is 1. The molecular weight excluding hydrogens is 388 g/mol. The lowest BCUT2D eigenvalue weighted by atomic mass is 9.92. The van der Waals surface area contributed by atoms with E-state index in [4.69, 9.17) is 15.2 Å². The number of fused-ring (bicyclic) bond motifs is 1. The molecule has 7 nitrogen and oxygen atoms in total. The zero-order chi connectivity index (χ0) is 21.1. The van der Waals surface area contributed by atoms with Crippen molar-refractivity contribution in [3.63, 3.8) is 0 Å². The van der Waals surface area contributed by atoms with E-state index in [9.17, 15) is 10.1 Å². The fourth-order valence-electron chi connectivity index (χ4n) is 3.46. The molecule has 0 bridgehead atoms. The molecule has 1 atom stereocenters. The number of amidine groups is 1. The number of hydrogen-bond acceptors (Lipinski definition) is 8. The summed E-state index contributed by atoms with van der Waals surface area (Å²) in [5.41, 5.74) is 9.22. The van der Waals surface area contributed by atoms with Crippen LogP contribution in [-0.4, -0.2) is 29.8 Å². The van der Waals surface area contributed by atoms with Gasteiger partial charge in [0.05, 0.1) is 31.0 Å². The van der Waals surface area contributed by atoms with Crippen molar-refractivity contribution in [3.05, 3.63) is 51.3 Å². The van der Waals surface area contributed by atoms with Gasteiger partial charge in [-0.25, -0.2) is 9.79 Å². The quantitative estimate of drug-likeness (QED) is 0.710. The standard InChI is InChI=1S/C21H24N4O3S/c1-5-7-14-17(20(26)28-6-2)18(13-9-8-12(3)15(10-13)27-4)25-19(23)16(11-22)29-21(25)24-14/h8-10,18H,5-7,23H2,1-4H3/t18-/m0/s1. The van der Waals surface area contributed by atoms with Crippen molar-refractivity contribution in [1.82, 2.24) is 4.90 Å². The summed E-state index contributed by atoms with van der Waals surface area (Å²) in [6.07, 6.45) is 1.44. The Morgan fingerprint density at radius 1 is 1.41 bits per heavy atom. The molecule has 0 saturated carbocycles. The number of thioether (sulfide) groups is 1. The SMILES string of the molecule is CCCC1=C(C(=O)OCC)[C@H](c2ccc(C)c(OC)c2)N2C(=N1)SC(C#N)=C2N. The molecule has 8 heteroatoms. The van der Waals surface area contributed by atoms with Crippen molar-refractivity contribution < 1.29 is 14.3 Å². The van der Waals surface area contributed by atoms with Crippen molar-refractivity contribution in [2.45, 2.75) is 39.7 Å². The summed E-state index contributed by atoms with van der Waals surface area (Å²) < 4.78 is 10.9. The van der Waals surface area contributed by atoms with Crippen LogP contribution in [0.1, 0.15) is 43.9 Å². The Morgan fingerprint density at radius 2 is 2.17 bits per heavy atom. The first-order valence-corrected chi connectivity index (χ1v) is 10.3. The fraction of sp³-hybridized carbons (Fsp3) is 0.381. The van der Waals surface area contributed by atoms with Crippen molar-refractivity contribution in [2.75, 3.05) is 13.7 Å². The van der Waals surface area contributed by atoms with Gasteiger partial charge in [-0.05, 0) is 49.2 Å². The number of rotatable bonds is 6. The first-order chi connectivity index (χ1) is 14.0. The molecule has 0 aliphatic carbocycles. The molecule has 1 aromatic rings. The third-order valence-electron chi connectivity index (χ3n) is 4.80. The van der Waals surface area contributed by atoms with Gasteiger partial charge in [-0.15, -0.1) is 0 Å². The van der Waals surface area contributed by atoms with Gasteiger partial charge in [0.15, 0.2) is 5.17 Å². The van der Waals surface area contributed by atoms with Gasteiger partial charge in [-0.3, -0.25) is 4.90 Å². The van der Waals surface area contributed by atoms with Crippen LogP contribution < -0.4 is 10.5 Å². The number of allylic oxidation sites excluding steroid dienone is 2. The van der Waals surface area contributed by atoms with E-state index in [1.165, 1.54) is 11.8 Å². The highest BCUT2D eigenvalue weighted by Gasteiger charge is 2.43. The third-order valence-corrected chi connectivity index (χ3v) is 5.77. The average Bonchev–Trinajstić information content (AvgIpc) is 3.03. The Bertz CT molecular complexity index is 975. The number of carbonyl (C=O) groups excluding carboxylic acids is 1. The van der Waals surface area contributed by atoms with Crippen molar-refractivity contribution in [2.24, 2.45) is 10.7 Å². The van der Waals surface area contributed by atoms with Crippen LogP contribution in [0.25, 0.3) is 0 Å². The molecule has 0 amide bonds. The molecule has 0 unspecified atom stereocenters.